The van der Waals surface area contributed by atoms with E-state index < -0.39 is 0 Å². The van der Waals surface area contributed by atoms with Crippen LogP contribution in [0.25, 0.3) is 0 Å². The van der Waals surface area contributed by atoms with E-state index in [1.165, 1.54) is 10.9 Å². The minimum atomic E-state index is -0.324. The molecular formula is C25H28N4O4. The van der Waals surface area contributed by atoms with Crippen molar-refractivity contribution in [3.8, 4) is 11.5 Å². The highest BCUT2D eigenvalue weighted by molar-refractivity contribution is 5.94. The second-order valence-corrected chi connectivity index (χ2v) is 8.29. The van der Waals surface area contributed by atoms with Crippen molar-refractivity contribution in [2.24, 2.45) is 7.05 Å². The lowest BCUT2D eigenvalue weighted by Gasteiger charge is -2.14. The Kier molecular flexibility index (Phi) is 6.74. The van der Waals surface area contributed by atoms with Crippen LogP contribution >= 0.6 is 0 Å². The van der Waals surface area contributed by atoms with E-state index in [1.807, 2.05) is 32.0 Å². The number of anilines is 2. The Morgan fingerprint density at radius 1 is 1.18 bits per heavy atom. The number of aromatic nitrogens is 2. The van der Waals surface area contributed by atoms with Gasteiger partial charge in [-0.15, -0.1) is 0 Å². The molecule has 1 amide bonds. The zero-order valence-electron chi connectivity index (χ0n) is 19.1. The highest BCUT2D eigenvalue weighted by Crippen LogP contribution is 2.29. The van der Waals surface area contributed by atoms with E-state index in [0.29, 0.717) is 29.3 Å². The van der Waals surface area contributed by atoms with Gasteiger partial charge in [0.25, 0.3) is 11.5 Å². The van der Waals surface area contributed by atoms with Gasteiger partial charge in [-0.25, -0.2) is 4.68 Å². The number of ether oxygens (including phenoxy) is 2. The standard InChI is InChI=1S/C25H28N4O4/c1-16-11-17(2)13-21(12-16)33-22-15-27-29(3)25(31)23(22)28-19-8-6-18(7-9-19)24(30)26-14-20-5-4-10-32-20/h6-9,11-13,15,20,28H,4-5,10,14H2,1-3H3,(H,26,30). The molecule has 33 heavy (non-hydrogen) atoms. The van der Waals surface area contributed by atoms with E-state index in [2.05, 4.69) is 15.7 Å². The maximum Gasteiger partial charge on any atom is 0.294 e. The molecule has 0 aliphatic carbocycles. The molecule has 1 aliphatic rings. The Labute approximate surface area is 192 Å². The molecule has 8 nitrogen and oxygen atoms in total. The summed E-state index contributed by atoms with van der Waals surface area (Å²) in [6, 6.07) is 12.8. The maximum absolute atomic E-state index is 12.8. The molecule has 2 N–H and O–H groups in total. The predicted molar refractivity (Wildman–Crippen MR) is 126 cm³/mol. The number of amides is 1. The van der Waals surface area contributed by atoms with Crippen LogP contribution in [0.4, 0.5) is 11.4 Å². The first-order chi connectivity index (χ1) is 15.9. The van der Waals surface area contributed by atoms with Crippen LogP contribution < -0.4 is 20.9 Å². The predicted octanol–water partition coefficient (Wildman–Crippen LogP) is 3.84. The molecule has 1 unspecified atom stereocenters. The van der Waals surface area contributed by atoms with Gasteiger partial charge in [-0.1, -0.05) is 6.07 Å². The average molecular weight is 449 g/mol. The van der Waals surface area contributed by atoms with Crippen molar-refractivity contribution in [1.29, 1.82) is 0 Å². The summed E-state index contributed by atoms with van der Waals surface area (Å²) >= 11 is 0. The second kappa shape index (κ2) is 9.87. The first-order valence-corrected chi connectivity index (χ1v) is 11.0. The summed E-state index contributed by atoms with van der Waals surface area (Å²) in [6.07, 6.45) is 3.60. The number of hydrogen-bond donors (Lipinski definition) is 2. The van der Waals surface area contributed by atoms with Crippen LogP contribution in [-0.2, 0) is 11.8 Å². The normalized spacial score (nSPS) is 15.3. The zero-order chi connectivity index (χ0) is 23.4. The molecule has 2 aromatic carbocycles. The number of nitrogens with zero attached hydrogens (tertiary/aromatic N) is 2. The van der Waals surface area contributed by atoms with Crippen LogP contribution in [0.15, 0.2) is 53.5 Å². The third-order valence-electron chi connectivity index (χ3n) is 5.46. The van der Waals surface area contributed by atoms with E-state index >= 15 is 0 Å². The first kappa shape index (κ1) is 22.5. The molecule has 8 heteroatoms. The van der Waals surface area contributed by atoms with Crippen LogP contribution in [0.1, 0.15) is 34.3 Å². The molecule has 1 saturated heterocycles. The van der Waals surface area contributed by atoms with E-state index in [1.54, 1.807) is 31.3 Å². The summed E-state index contributed by atoms with van der Waals surface area (Å²) in [7, 11) is 1.58. The molecule has 1 atom stereocenters. The lowest BCUT2D eigenvalue weighted by Crippen LogP contribution is -2.31. The number of carbonyl (C=O) groups is 1. The van der Waals surface area contributed by atoms with Crippen LogP contribution in [0.2, 0.25) is 0 Å². The van der Waals surface area contributed by atoms with Crippen molar-refractivity contribution in [2.45, 2.75) is 32.8 Å². The molecule has 0 spiro atoms. The lowest BCUT2D eigenvalue weighted by atomic mass is 10.1. The van der Waals surface area contributed by atoms with E-state index in [4.69, 9.17) is 9.47 Å². The molecule has 1 fully saturated rings. The molecule has 0 bridgehead atoms. The zero-order valence-corrected chi connectivity index (χ0v) is 19.1. The van der Waals surface area contributed by atoms with Crippen molar-refractivity contribution in [3.63, 3.8) is 0 Å². The molecule has 0 radical (unpaired) electrons. The van der Waals surface area contributed by atoms with E-state index in [0.717, 1.165) is 30.6 Å². The van der Waals surface area contributed by atoms with Gasteiger partial charge in [0, 0.05) is 31.5 Å². The smallest absolute Gasteiger partial charge is 0.294 e. The van der Waals surface area contributed by atoms with Crippen LogP contribution in [0.3, 0.4) is 0 Å². The average Bonchev–Trinajstić information content (AvgIpc) is 3.31. The van der Waals surface area contributed by atoms with Gasteiger partial charge in [0.15, 0.2) is 11.4 Å². The topological polar surface area (TPSA) is 94.5 Å². The summed E-state index contributed by atoms with van der Waals surface area (Å²) in [5.74, 6) is 0.793. The summed E-state index contributed by atoms with van der Waals surface area (Å²) < 4.78 is 12.8. The fourth-order valence-corrected chi connectivity index (χ4v) is 3.80. The molecular weight excluding hydrogens is 420 g/mol. The summed E-state index contributed by atoms with van der Waals surface area (Å²) in [5, 5.41) is 10.1. The summed E-state index contributed by atoms with van der Waals surface area (Å²) in [5.41, 5.74) is 3.25. The second-order valence-electron chi connectivity index (χ2n) is 8.29. The Hall–Kier alpha value is -3.65. The van der Waals surface area contributed by atoms with E-state index in [-0.39, 0.29) is 23.3 Å². The Morgan fingerprint density at radius 2 is 1.91 bits per heavy atom. The number of aryl methyl sites for hydroxylation is 3. The van der Waals surface area contributed by atoms with Crippen LogP contribution in [-0.4, -0.2) is 34.9 Å². The Morgan fingerprint density at radius 3 is 2.58 bits per heavy atom. The van der Waals surface area contributed by atoms with Gasteiger partial charge in [-0.05, 0) is 74.2 Å². The monoisotopic (exact) mass is 448 g/mol. The number of benzene rings is 2. The molecule has 1 aliphatic heterocycles. The van der Waals surface area contributed by atoms with Crippen molar-refractivity contribution in [3.05, 3.63) is 75.7 Å². The highest BCUT2D eigenvalue weighted by Gasteiger charge is 2.17. The quantitative estimate of drug-likeness (QED) is 0.570. The van der Waals surface area contributed by atoms with Gasteiger partial charge in [-0.3, -0.25) is 9.59 Å². The Balaban J connectivity index is 1.50. The van der Waals surface area contributed by atoms with Crippen molar-refractivity contribution >= 4 is 17.3 Å². The molecule has 1 aromatic heterocycles. The highest BCUT2D eigenvalue weighted by atomic mass is 16.5. The van der Waals surface area contributed by atoms with Crippen LogP contribution in [0.5, 0.6) is 11.5 Å². The molecule has 2 heterocycles. The van der Waals surface area contributed by atoms with Gasteiger partial charge in [0.1, 0.15) is 5.75 Å². The third kappa shape index (κ3) is 5.59. The van der Waals surface area contributed by atoms with Crippen LogP contribution in [0, 0.1) is 13.8 Å². The molecule has 0 saturated carbocycles. The number of nitrogens with one attached hydrogen (secondary N) is 2. The SMILES string of the molecule is Cc1cc(C)cc(Oc2cnn(C)c(=O)c2Nc2ccc(C(=O)NCC3CCCO3)cc2)c1. The third-order valence-corrected chi connectivity index (χ3v) is 5.46. The minimum Gasteiger partial charge on any atom is -0.453 e. The van der Waals surface area contributed by atoms with Gasteiger partial charge in [-0.2, -0.15) is 5.10 Å². The fraction of sp³-hybridized carbons (Fsp3) is 0.320. The van der Waals surface area contributed by atoms with Crippen molar-refractivity contribution in [1.82, 2.24) is 15.1 Å². The summed E-state index contributed by atoms with van der Waals surface area (Å²) in [6.45, 7) is 5.23. The molecule has 172 valence electrons. The van der Waals surface area contributed by atoms with E-state index in [9.17, 15) is 9.59 Å². The first-order valence-electron chi connectivity index (χ1n) is 11.0. The lowest BCUT2D eigenvalue weighted by molar-refractivity contribution is 0.0858. The Bertz CT molecular complexity index is 1180. The van der Waals surface area contributed by atoms with Gasteiger partial charge in [0.05, 0.1) is 12.3 Å². The number of rotatable bonds is 7. The number of hydrogen-bond acceptors (Lipinski definition) is 6. The van der Waals surface area contributed by atoms with Crippen molar-refractivity contribution in [2.75, 3.05) is 18.5 Å². The van der Waals surface area contributed by atoms with Gasteiger partial charge < -0.3 is 20.1 Å². The minimum absolute atomic E-state index is 0.0911. The summed E-state index contributed by atoms with van der Waals surface area (Å²) in [4.78, 5) is 25.2. The van der Waals surface area contributed by atoms with Crippen molar-refractivity contribution < 1.29 is 14.3 Å². The van der Waals surface area contributed by atoms with Gasteiger partial charge in [0.2, 0.25) is 0 Å². The largest absolute Gasteiger partial charge is 0.453 e. The molecule has 4 rings (SSSR count). The van der Waals surface area contributed by atoms with Gasteiger partial charge >= 0.3 is 0 Å². The number of carbonyl (C=O) groups excluding carboxylic acids is 1. The fourth-order valence-electron chi connectivity index (χ4n) is 3.80. The maximum atomic E-state index is 12.8. The molecule has 3 aromatic rings.